The molecule has 1 aromatic carbocycles. The Morgan fingerprint density at radius 1 is 1.14 bits per heavy atom. The molecule has 0 spiro atoms. The van der Waals surface area contributed by atoms with E-state index >= 15 is 0 Å². The van der Waals surface area contributed by atoms with Gasteiger partial charge in [-0.15, -0.1) is 0 Å². The van der Waals surface area contributed by atoms with Gasteiger partial charge in [-0.2, -0.15) is 0 Å². The van der Waals surface area contributed by atoms with Crippen LogP contribution in [-0.2, 0) is 13.1 Å². The van der Waals surface area contributed by atoms with E-state index in [2.05, 4.69) is 4.98 Å². The molecule has 1 N–H and O–H groups in total. The first-order valence-corrected chi connectivity index (χ1v) is 8.68. The van der Waals surface area contributed by atoms with Gasteiger partial charge in [-0.3, -0.25) is 9.59 Å². The predicted octanol–water partition coefficient (Wildman–Crippen LogP) is 4.00. The highest BCUT2D eigenvalue weighted by molar-refractivity contribution is 5.93. The van der Waals surface area contributed by atoms with Crippen LogP contribution in [0.1, 0.15) is 27.4 Å². The number of aryl methyl sites for hydroxylation is 1. The molecule has 0 saturated heterocycles. The molecular weight excluding hydrogens is 363 g/mol. The van der Waals surface area contributed by atoms with Crippen molar-refractivity contribution in [2.75, 3.05) is 0 Å². The summed E-state index contributed by atoms with van der Waals surface area (Å²) in [4.78, 5) is 28.9. The highest BCUT2D eigenvalue weighted by atomic mass is 19.1. The van der Waals surface area contributed by atoms with E-state index in [9.17, 15) is 14.0 Å². The summed E-state index contributed by atoms with van der Waals surface area (Å²) in [6, 6.07) is 11.1. The fourth-order valence-electron chi connectivity index (χ4n) is 3.06. The third-order valence-corrected chi connectivity index (χ3v) is 4.41. The molecule has 4 rings (SSSR count). The number of fused-ring (bicyclic) bond motifs is 1. The number of hydrogen-bond donors (Lipinski definition) is 1. The lowest BCUT2D eigenvalue weighted by Gasteiger charge is -2.20. The van der Waals surface area contributed by atoms with Gasteiger partial charge in [0.1, 0.15) is 22.7 Å². The van der Waals surface area contributed by atoms with Crippen molar-refractivity contribution in [1.82, 2.24) is 9.88 Å². The Morgan fingerprint density at radius 3 is 2.75 bits per heavy atom. The van der Waals surface area contributed by atoms with Crippen molar-refractivity contribution in [3.8, 4) is 0 Å². The average Bonchev–Trinajstić information content (AvgIpc) is 3.32. The summed E-state index contributed by atoms with van der Waals surface area (Å²) >= 11 is 0. The molecule has 6 nitrogen and oxygen atoms in total. The normalized spacial score (nSPS) is 11.1. The molecule has 0 saturated carbocycles. The van der Waals surface area contributed by atoms with Crippen molar-refractivity contribution in [1.29, 1.82) is 0 Å². The molecule has 0 fully saturated rings. The zero-order chi connectivity index (χ0) is 19.7. The van der Waals surface area contributed by atoms with Crippen LogP contribution in [0.15, 0.2) is 68.7 Å². The topological polar surface area (TPSA) is 79.5 Å². The summed E-state index contributed by atoms with van der Waals surface area (Å²) in [5, 5.41) is 0.920. The van der Waals surface area contributed by atoms with Crippen LogP contribution in [0, 0.1) is 12.7 Å². The van der Waals surface area contributed by atoms with Crippen LogP contribution in [0.4, 0.5) is 4.39 Å². The number of carbonyl (C=O) groups is 1. The molecule has 0 aliphatic rings. The van der Waals surface area contributed by atoms with Crippen molar-refractivity contribution in [3.05, 3.63) is 93.7 Å². The number of pyridine rings is 1. The number of nitrogens with zero attached hydrogens (tertiary/aromatic N) is 1. The van der Waals surface area contributed by atoms with E-state index in [0.717, 1.165) is 17.1 Å². The molecule has 28 heavy (non-hydrogen) atoms. The number of benzene rings is 1. The van der Waals surface area contributed by atoms with Crippen LogP contribution < -0.4 is 5.43 Å². The lowest BCUT2D eigenvalue weighted by Crippen LogP contribution is -2.34. The maximum Gasteiger partial charge on any atom is 0.260 e. The lowest BCUT2D eigenvalue weighted by atomic mass is 10.2. The van der Waals surface area contributed by atoms with Crippen LogP contribution in [0.2, 0.25) is 0 Å². The number of hydrogen-bond acceptors (Lipinski definition) is 4. The fourth-order valence-corrected chi connectivity index (χ4v) is 3.06. The minimum Gasteiger partial charge on any atom is -0.467 e. The van der Waals surface area contributed by atoms with Crippen molar-refractivity contribution >= 4 is 16.9 Å². The number of carbonyl (C=O) groups excluding carboxylic acids is 1. The molecule has 7 heteroatoms. The van der Waals surface area contributed by atoms with Gasteiger partial charge >= 0.3 is 0 Å². The second kappa shape index (κ2) is 7.19. The summed E-state index contributed by atoms with van der Waals surface area (Å²) in [5.41, 5.74) is 0.566. The molecule has 142 valence electrons. The minimum absolute atomic E-state index is 0.100. The molecule has 0 aliphatic carbocycles. The van der Waals surface area contributed by atoms with E-state index in [1.807, 2.05) is 31.2 Å². The van der Waals surface area contributed by atoms with Gasteiger partial charge in [-0.1, -0.05) is 11.6 Å². The molecule has 0 atom stereocenters. The van der Waals surface area contributed by atoms with E-state index in [1.54, 1.807) is 12.1 Å². The summed E-state index contributed by atoms with van der Waals surface area (Å²) in [6.45, 7) is 2.19. The third-order valence-electron chi connectivity index (χ3n) is 4.41. The first-order valence-electron chi connectivity index (χ1n) is 8.68. The monoisotopic (exact) mass is 380 g/mol. The van der Waals surface area contributed by atoms with Gasteiger partial charge in [0.25, 0.3) is 5.91 Å². The second-order valence-corrected chi connectivity index (χ2v) is 6.54. The number of amides is 1. The summed E-state index contributed by atoms with van der Waals surface area (Å²) in [5.74, 6) is -0.543. The summed E-state index contributed by atoms with van der Waals surface area (Å²) in [7, 11) is 0. The quantitative estimate of drug-likeness (QED) is 0.567. The predicted molar refractivity (Wildman–Crippen MR) is 100 cm³/mol. The third kappa shape index (κ3) is 3.46. The molecule has 0 radical (unpaired) electrons. The number of rotatable bonds is 5. The van der Waals surface area contributed by atoms with Gasteiger partial charge < -0.3 is 18.7 Å². The Kier molecular flexibility index (Phi) is 4.57. The van der Waals surface area contributed by atoms with Crippen LogP contribution in [-0.4, -0.2) is 15.8 Å². The number of aromatic amines is 1. The lowest BCUT2D eigenvalue weighted by molar-refractivity contribution is 0.0703. The Morgan fingerprint density at radius 2 is 1.96 bits per heavy atom. The molecule has 3 heterocycles. The van der Waals surface area contributed by atoms with E-state index in [-0.39, 0.29) is 18.7 Å². The van der Waals surface area contributed by atoms with E-state index < -0.39 is 17.2 Å². The maximum atomic E-state index is 13.6. The zero-order valence-electron chi connectivity index (χ0n) is 15.1. The van der Waals surface area contributed by atoms with E-state index in [4.69, 9.17) is 8.83 Å². The SMILES string of the molecule is Cc1ccc2oc(CN(Cc3ccco3)C(=O)c3c[nH]cc(F)c3=O)cc2c1. The Labute approximate surface area is 159 Å². The van der Waals surface area contributed by atoms with Gasteiger partial charge in [0.2, 0.25) is 5.43 Å². The van der Waals surface area contributed by atoms with Crippen LogP contribution in [0.25, 0.3) is 11.0 Å². The Balaban J connectivity index is 1.69. The second-order valence-electron chi connectivity index (χ2n) is 6.54. The Bertz CT molecular complexity index is 1190. The number of furan rings is 2. The highest BCUT2D eigenvalue weighted by Gasteiger charge is 2.23. The van der Waals surface area contributed by atoms with Crippen LogP contribution in [0.3, 0.4) is 0 Å². The molecule has 3 aromatic heterocycles. The van der Waals surface area contributed by atoms with Crippen LogP contribution in [0.5, 0.6) is 0 Å². The van der Waals surface area contributed by atoms with Gasteiger partial charge in [-0.25, -0.2) is 4.39 Å². The number of aromatic nitrogens is 1. The maximum absolute atomic E-state index is 13.6. The smallest absolute Gasteiger partial charge is 0.260 e. The molecule has 0 unspecified atom stereocenters. The van der Waals surface area contributed by atoms with Crippen molar-refractivity contribution in [2.24, 2.45) is 0 Å². The molecule has 4 aromatic rings. The molecular formula is C21H17FN2O4. The Hall–Kier alpha value is -3.61. The van der Waals surface area contributed by atoms with Crippen molar-refractivity contribution < 1.29 is 18.0 Å². The van der Waals surface area contributed by atoms with E-state index in [0.29, 0.717) is 17.1 Å². The van der Waals surface area contributed by atoms with Crippen LogP contribution >= 0.6 is 0 Å². The highest BCUT2D eigenvalue weighted by Crippen LogP contribution is 2.23. The van der Waals surface area contributed by atoms with Crippen molar-refractivity contribution in [2.45, 2.75) is 20.0 Å². The first-order chi connectivity index (χ1) is 13.5. The minimum atomic E-state index is -1.01. The standard InChI is InChI=1S/C21H17FN2O4/c1-13-4-5-19-14(7-13)8-16(28-19)12-24(11-15-3-2-6-27-15)21(26)17-9-23-10-18(22)20(17)25/h2-10H,11-12H2,1H3,(H,23,25). The summed E-state index contributed by atoms with van der Waals surface area (Å²) in [6.07, 6.45) is 3.61. The van der Waals surface area contributed by atoms with E-state index in [1.165, 1.54) is 17.4 Å². The first kappa shape index (κ1) is 17.8. The molecule has 1 amide bonds. The number of H-pyrrole nitrogens is 1. The van der Waals surface area contributed by atoms with Crippen molar-refractivity contribution in [3.63, 3.8) is 0 Å². The van der Waals surface area contributed by atoms with Gasteiger partial charge in [0.05, 0.1) is 19.4 Å². The largest absolute Gasteiger partial charge is 0.467 e. The van der Waals surface area contributed by atoms with Gasteiger partial charge in [0, 0.05) is 17.8 Å². The number of nitrogens with one attached hydrogen (secondary N) is 1. The number of halogens is 1. The van der Waals surface area contributed by atoms with Gasteiger partial charge in [0.15, 0.2) is 5.82 Å². The zero-order valence-corrected chi connectivity index (χ0v) is 15.1. The summed E-state index contributed by atoms with van der Waals surface area (Å²) < 4.78 is 24.8. The van der Waals surface area contributed by atoms with Gasteiger partial charge in [-0.05, 0) is 37.3 Å². The molecule has 0 bridgehead atoms. The fraction of sp³-hybridized carbons (Fsp3) is 0.143. The molecule has 0 aliphatic heterocycles. The average molecular weight is 380 g/mol.